The van der Waals surface area contributed by atoms with Gasteiger partial charge in [-0.25, -0.2) is 5.84 Å². The average Bonchev–Trinajstić information content (AvgIpc) is 3.06. The number of ketones is 1. The lowest BCUT2D eigenvalue weighted by molar-refractivity contribution is -0.123. The van der Waals surface area contributed by atoms with Gasteiger partial charge in [0.1, 0.15) is 11.8 Å². The second-order valence-corrected chi connectivity index (χ2v) is 5.70. The van der Waals surface area contributed by atoms with Crippen molar-refractivity contribution in [2.75, 3.05) is 0 Å². The Labute approximate surface area is 139 Å². The summed E-state index contributed by atoms with van der Waals surface area (Å²) in [4.78, 5) is 24.9. The number of rotatable bonds is 4. The van der Waals surface area contributed by atoms with Crippen LogP contribution in [0.15, 0.2) is 59.7 Å². The third kappa shape index (κ3) is 2.91. The summed E-state index contributed by atoms with van der Waals surface area (Å²) in [5.41, 5.74) is 7.61. The highest BCUT2D eigenvalue weighted by molar-refractivity contribution is 6.48. The molecule has 1 aliphatic heterocycles. The molecule has 0 saturated carbocycles. The van der Waals surface area contributed by atoms with Gasteiger partial charge in [0.15, 0.2) is 0 Å². The van der Waals surface area contributed by atoms with Crippen LogP contribution < -0.4 is 16.7 Å². The number of hydrogen-bond acceptors (Lipinski definition) is 5. The highest BCUT2D eigenvalue weighted by Gasteiger charge is 2.40. The molecule has 2 aromatic rings. The smallest absolute Gasteiger partial charge is 0.259 e. The highest BCUT2D eigenvalue weighted by atomic mass is 16.2. The predicted molar refractivity (Wildman–Crippen MR) is 91.4 cm³/mol. The van der Waals surface area contributed by atoms with E-state index >= 15 is 0 Å². The van der Waals surface area contributed by atoms with Crippen molar-refractivity contribution in [3.05, 3.63) is 71.3 Å². The maximum Gasteiger partial charge on any atom is 0.259 e. The Hall–Kier alpha value is -2.99. The van der Waals surface area contributed by atoms with Crippen LogP contribution in [0.5, 0.6) is 0 Å². The summed E-state index contributed by atoms with van der Waals surface area (Å²) >= 11 is 0. The van der Waals surface area contributed by atoms with E-state index in [1.165, 1.54) is 0 Å². The molecule has 24 heavy (non-hydrogen) atoms. The summed E-state index contributed by atoms with van der Waals surface area (Å²) < 4.78 is 0. The van der Waals surface area contributed by atoms with Gasteiger partial charge in [0.25, 0.3) is 5.91 Å². The fourth-order valence-electron chi connectivity index (χ4n) is 2.88. The Morgan fingerprint density at radius 1 is 1.12 bits per heavy atom. The van der Waals surface area contributed by atoms with Gasteiger partial charge in [-0.3, -0.25) is 20.4 Å². The van der Waals surface area contributed by atoms with Crippen LogP contribution in [0.1, 0.15) is 27.4 Å². The van der Waals surface area contributed by atoms with Gasteiger partial charge < -0.3 is 0 Å². The van der Waals surface area contributed by atoms with E-state index in [1.807, 2.05) is 37.3 Å². The SMILES string of the molecule is Cc1cccc(C2C(C(=O)c3ccccc3)=NNC2C(=O)NN)c1. The first-order valence-corrected chi connectivity index (χ1v) is 7.61. The third-order valence-electron chi connectivity index (χ3n) is 4.05. The first kappa shape index (κ1) is 15.9. The lowest BCUT2D eigenvalue weighted by atomic mass is 9.84. The van der Waals surface area contributed by atoms with Gasteiger partial charge >= 0.3 is 0 Å². The molecule has 1 heterocycles. The number of hydrazine groups is 1. The van der Waals surface area contributed by atoms with Gasteiger partial charge in [-0.2, -0.15) is 5.10 Å². The molecular weight excluding hydrogens is 304 g/mol. The van der Waals surface area contributed by atoms with Gasteiger partial charge in [-0.05, 0) is 12.5 Å². The van der Waals surface area contributed by atoms with Crippen LogP contribution in [0.4, 0.5) is 0 Å². The minimum absolute atomic E-state index is 0.207. The lowest BCUT2D eigenvalue weighted by Crippen LogP contribution is -2.47. The molecule has 1 amide bonds. The van der Waals surface area contributed by atoms with Gasteiger partial charge in [0.2, 0.25) is 5.78 Å². The molecule has 0 saturated heterocycles. The van der Waals surface area contributed by atoms with Crippen LogP contribution in [-0.2, 0) is 4.79 Å². The molecule has 2 unspecified atom stereocenters. The minimum atomic E-state index is -0.723. The largest absolute Gasteiger partial charge is 0.296 e. The molecule has 1 aliphatic rings. The molecule has 0 radical (unpaired) electrons. The standard InChI is InChI=1S/C18H18N4O2/c1-11-6-5-9-13(10-11)14-15(21-22-16(14)18(24)20-19)17(23)12-7-3-2-4-8-12/h2-10,14,16,22H,19H2,1H3,(H,20,24). The first-order valence-electron chi connectivity index (χ1n) is 7.61. The van der Waals surface area contributed by atoms with E-state index in [2.05, 4.69) is 16.0 Å². The molecule has 122 valence electrons. The number of carbonyl (C=O) groups excluding carboxylic acids is 2. The fraction of sp³-hybridized carbons (Fsp3) is 0.167. The molecule has 2 aromatic carbocycles. The Morgan fingerprint density at radius 2 is 1.88 bits per heavy atom. The Balaban J connectivity index is 2.01. The minimum Gasteiger partial charge on any atom is -0.296 e. The number of amides is 1. The normalized spacial score (nSPS) is 19.3. The van der Waals surface area contributed by atoms with Crippen molar-refractivity contribution in [1.29, 1.82) is 0 Å². The number of Topliss-reactive ketones (excluding diaryl/α,β-unsaturated/α-hetero) is 1. The van der Waals surface area contributed by atoms with Crippen molar-refractivity contribution < 1.29 is 9.59 Å². The highest BCUT2D eigenvalue weighted by Crippen LogP contribution is 2.28. The molecule has 2 atom stereocenters. The van der Waals surface area contributed by atoms with Crippen LogP contribution in [0.2, 0.25) is 0 Å². The molecule has 0 bridgehead atoms. The zero-order chi connectivity index (χ0) is 17.1. The Kier molecular flexibility index (Phi) is 4.39. The first-order chi connectivity index (χ1) is 11.6. The zero-order valence-electron chi connectivity index (χ0n) is 13.2. The van der Waals surface area contributed by atoms with Gasteiger partial charge in [-0.1, -0.05) is 60.2 Å². The number of benzene rings is 2. The van der Waals surface area contributed by atoms with Crippen molar-refractivity contribution in [2.45, 2.75) is 18.9 Å². The van der Waals surface area contributed by atoms with Gasteiger partial charge in [0, 0.05) is 5.56 Å². The van der Waals surface area contributed by atoms with Crippen LogP contribution >= 0.6 is 0 Å². The van der Waals surface area contributed by atoms with Crippen LogP contribution in [0.25, 0.3) is 0 Å². The fourth-order valence-corrected chi connectivity index (χ4v) is 2.88. The molecule has 0 spiro atoms. The topological polar surface area (TPSA) is 96.6 Å². The Bertz CT molecular complexity index is 802. The number of nitrogens with one attached hydrogen (secondary N) is 2. The molecule has 6 nitrogen and oxygen atoms in total. The lowest BCUT2D eigenvalue weighted by Gasteiger charge is -2.19. The van der Waals surface area contributed by atoms with Crippen molar-refractivity contribution in [3.63, 3.8) is 0 Å². The van der Waals surface area contributed by atoms with E-state index in [0.717, 1.165) is 11.1 Å². The van der Waals surface area contributed by atoms with Crippen molar-refractivity contribution in [3.8, 4) is 0 Å². The third-order valence-corrected chi connectivity index (χ3v) is 4.05. The molecule has 0 aliphatic carbocycles. The number of hydrazone groups is 1. The molecule has 3 rings (SSSR count). The average molecular weight is 322 g/mol. The predicted octanol–water partition coefficient (Wildman–Crippen LogP) is 1.28. The molecule has 4 N–H and O–H groups in total. The summed E-state index contributed by atoms with van der Waals surface area (Å²) in [7, 11) is 0. The zero-order valence-corrected chi connectivity index (χ0v) is 13.2. The van der Waals surface area contributed by atoms with E-state index in [0.29, 0.717) is 11.3 Å². The molecular formula is C18H18N4O2. The van der Waals surface area contributed by atoms with Crippen LogP contribution in [0, 0.1) is 6.92 Å². The second-order valence-electron chi connectivity index (χ2n) is 5.70. The molecule has 0 aromatic heterocycles. The van der Waals surface area contributed by atoms with Crippen molar-refractivity contribution in [1.82, 2.24) is 10.9 Å². The maximum atomic E-state index is 12.8. The number of nitrogens with zero attached hydrogens (tertiary/aromatic N) is 1. The Morgan fingerprint density at radius 3 is 2.54 bits per heavy atom. The van der Waals surface area contributed by atoms with Crippen LogP contribution in [-0.4, -0.2) is 23.4 Å². The maximum absolute atomic E-state index is 12.8. The van der Waals surface area contributed by atoms with E-state index in [4.69, 9.17) is 5.84 Å². The van der Waals surface area contributed by atoms with E-state index in [1.54, 1.807) is 24.3 Å². The summed E-state index contributed by atoms with van der Waals surface area (Å²) in [6, 6.07) is 15.8. The van der Waals surface area contributed by atoms with E-state index in [9.17, 15) is 9.59 Å². The number of aryl methyl sites for hydroxylation is 1. The number of nitrogens with two attached hydrogens (primary N) is 1. The number of carbonyl (C=O) groups is 2. The summed E-state index contributed by atoms with van der Waals surface area (Å²) in [6.45, 7) is 1.96. The van der Waals surface area contributed by atoms with E-state index in [-0.39, 0.29) is 5.78 Å². The molecule has 6 heteroatoms. The van der Waals surface area contributed by atoms with Crippen LogP contribution in [0.3, 0.4) is 0 Å². The summed E-state index contributed by atoms with van der Waals surface area (Å²) in [5, 5.41) is 4.15. The molecule has 0 fully saturated rings. The quantitative estimate of drug-likeness (QED) is 0.342. The van der Waals surface area contributed by atoms with E-state index < -0.39 is 17.9 Å². The van der Waals surface area contributed by atoms with Gasteiger partial charge in [0.05, 0.1) is 5.92 Å². The van der Waals surface area contributed by atoms with Gasteiger partial charge in [-0.15, -0.1) is 0 Å². The second kappa shape index (κ2) is 6.64. The monoisotopic (exact) mass is 322 g/mol. The number of hydrogen-bond donors (Lipinski definition) is 3. The summed E-state index contributed by atoms with van der Waals surface area (Å²) in [5.74, 6) is 4.16. The summed E-state index contributed by atoms with van der Waals surface area (Å²) in [6.07, 6.45) is 0. The van der Waals surface area contributed by atoms with Crippen molar-refractivity contribution >= 4 is 17.4 Å². The van der Waals surface area contributed by atoms with Crippen molar-refractivity contribution in [2.24, 2.45) is 10.9 Å².